The van der Waals surface area contributed by atoms with Gasteiger partial charge in [0.15, 0.2) is 22.5 Å². The SMILES string of the molecule is Cc1ccc(N(CCCCC[N+](C)(C)CCNC(=O)c2nc(Cl)c(N)nc2N)S(=O)O)cc1. The van der Waals surface area contributed by atoms with Gasteiger partial charge in [0, 0.05) is 6.54 Å². The normalized spacial score (nSPS) is 12.4. The van der Waals surface area contributed by atoms with Crippen LogP contribution in [0.25, 0.3) is 0 Å². The summed E-state index contributed by atoms with van der Waals surface area (Å²) in [5.41, 5.74) is 13.0. The van der Waals surface area contributed by atoms with Crippen LogP contribution in [-0.4, -0.2) is 69.4 Å². The molecule has 10 nitrogen and oxygen atoms in total. The predicted octanol–water partition coefficient (Wildman–Crippen LogP) is 2.22. The van der Waals surface area contributed by atoms with E-state index in [1.165, 1.54) is 4.31 Å². The zero-order chi connectivity index (χ0) is 24.6. The molecule has 182 valence electrons. The number of rotatable bonds is 12. The maximum atomic E-state index is 12.3. The molecule has 12 heteroatoms. The Morgan fingerprint density at radius 3 is 2.42 bits per heavy atom. The molecule has 1 aromatic carbocycles. The van der Waals surface area contributed by atoms with Crippen LogP contribution < -0.4 is 21.1 Å². The second kappa shape index (κ2) is 12.1. The van der Waals surface area contributed by atoms with E-state index in [0.717, 1.165) is 37.1 Å². The first kappa shape index (κ1) is 26.8. The molecule has 0 fully saturated rings. The highest BCUT2D eigenvalue weighted by Gasteiger charge is 2.19. The Balaban J connectivity index is 1.73. The highest BCUT2D eigenvalue weighted by Crippen LogP contribution is 2.18. The molecule has 0 saturated heterocycles. The van der Waals surface area contributed by atoms with Crippen molar-refractivity contribution < 1.29 is 18.0 Å². The van der Waals surface area contributed by atoms with Gasteiger partial charge in [-0.3, -0.25) is 13.7 Å². The molecule has 1 amide bonds. The number of nitrogen functional groups attached to an aromatic ring is 2. The first-order valence-electron chi connectivity index (χ1n) is 10.6. The molecule has 0 radical (unpaired) electrons. The van der Waals surface area contributed by atoms with Crippen molar-refractivity contribution in [2.75, 3.05) is 56.0 Å². The Morgan fingerprint density at radius 2 is 1.79 bits per heavy atom. The molecule has 33 heavy (non-hydrogen) atoms. The number of halogens is 1. The van der Waals surface area contributed by atoms with E-state index >= 15 is 0 Å². The standard InChI is InChI=1S/C21H32ClN7O3S/c1-15-7-9-16(10-8-15)28(33(31)32)12-5-4-6-13-29(2,3)14-11-25-21(30)17-19(23)27-20(24)18(22)26-17/h7-10H,4-6,11-14H2,1-3H3,(H5-,23,24,25,27,30,31,32)/p+1. The Bertz CT molecular complexity index is 973. The third-order valence-electron chi connectivity index (χ3n) is 5.26. The van der Waals surface area contributed by atoms with Gasteiger partial charge in [-0.25, -0.2) is 14.2 Å². The van der Waals surface area contributed by atoms with Crippen molar-refractivity contribution in [2.24, 2.45) is 0 Å². The van der Waals surface area contributed by atoms with Crippen LogP contribution in [0.5, 0.6) is 0 Å². The van der Waals surface area contributed by atoms with Gasteiger partial charge in [0.25, 0.3) is 17.2 Å². The number of nitrogens with zero attached hydrogens (tertiary/aromatic N) is 4. The van der Waals surface area contributed by atoms with Crippen LogP contribution in [0.1, 0.15) is 35.3 Å². The Morgan fingerprint density at radius 1 is 1.12 bits per heavy atom. The lowest BCUT2D eigenvalue weighted by Crippen LogP contribution is -2.46. The number of nitrogens with one attached hydrogen (secondary N) is 1. The van der Waals surface area contributed by atoms with Crippen LogP contribution >= 0.6 is 11.6 Å². The minimum Gasteiger partial charge on any atom is -0.382 e. The minimum atomic E-state index is -2.06. The van der Waals surface area contributed by atoms with Gasteiger partial charge in [-0.1, -0.05) is 29.3 Å². The zero-order valence-electron chi connectivity index (χ0n) is 19.3. The largest absolute Gasteiger partial charge is 0.382 e. The maximum absolute atomic E-state index is 12.3. The second-order valence-electron chi connectivity index (χ2n) is 8.50. The van der Waals surface area contributed by atoms with Gasteiger partial charge in [-0.05, 0) is 38.3 Å². The highest BCUT2D eigenvalue weighted by atomic mass is 35.5. The molecule has 0 spiro atoms. The summed E-state index contributed by atoms with van der Waals surface area (Å²) >= 11 is 3.77. The van der Waals surface area contributed by atoms with Crippen LogP contribution in [-0.2, 0) is 11.3 Å². The molecule has 0 aliphatic heterocycles. The van der Waals surface area contributed by atoms with E-state index < -0.39 is 17.2 Å². The van der Waals surface area contributed by atoms with Crippen molar-refractivity contribution in [3.8, 4) is 0 Å². The van der Waals surface area contributed by atoms with E-state index in [2.05, 4.69) is 29.4 Å². The lowest BCUT2D eigenvalue weighted by Gasteiger charge is -2.30. The van der Waals surface area contributed by atoms with E-state index in [9.17, 15) is 13.6 Å². The van der Waals surface area contributed by atoms with E-state index in [4.69, 9.17) is 23.1 Å². The second-order valence-corrected chi connectivity index (χ2v) is 9.76. The van der Waals surface area contributed by atoms with Crippen molar-refractivity contribution in [2.45, 2.75) is 26.2 Å². The number of likely N-dealkylation sites (N-methyl/N-ethyl adjacent to an activating group) is 1. The average Bonchev–Trinajstić information content (AvgIpc) is 2.73. The molecule has 0 saturated carbocycles. The first-order valence-corrected chi connectivity index (χ1v) is 12.1. The number of nitrogens with two attached hydrogens (primary N) is 2. The predicted molar refractivity (Wildman–Crippen MR) is 133 cm³/mol. The van der Waals surface area contributed by atoms with Gasteiger partial charge < -0.3 is 21.3 Å². The fourth-order valence-electron chi connectivity index (χ4n) is 3.26. The van der Waals surface area contributed by atoms with E-state index in [0.29, 0.717) is 24.1 Å². The van der Waals surface area contributed by atoms with Crippen LogP contribution in [0.15, 0.2) is 24.3 Å². The highest BCUT2D eigenvalue weighted by molar-refractivity contribution is 7.80. The lowest BCUT2D eigenvalue weighted by atomic mass is 10.2. The number of aryl methyl sites for hydroxylation is 1. The smallest absolute Gasteiger partial charge is 0.273 e. The number of unbranched alkanes of at least 4 members (excludes halogenated alkanes) is 2. The number of amides is 1. The molecule has 6 N–H and O–H groups in total. The summed E-state index contributed by atoms with van der Waals surface area (Å²) in [6.07, 6.45) is 2.67. The molecule has 1 aromatic heterocycles. The summed E-state index contributed by atoms with van der Waals surface area (Å²) in [5, 5.41) is 2.73. The summed E-state index contributed by atoms with van der Waals surface area (Å²) < 4.78 is 23.5. The monoisotopic (exact) mass is 498 g/mol. The van der Waals surface area contributed by atoms with Gasteiger partial charge in [0.05, 0.1) is 39.4 Å². The lowest BCUT2D eigenvalue weighted by molar-refractivity contribution is -0.889. The number of carbonyl (C=O) groups excluding carboxylic acids is 1. The van der Waals surface area contributed by atoms with Crippen molar-refractivity contribution in [3.63, 3.8) is 0 Å². The Hall–Kier alpha value is -2.47. The van der Waals surface area contributed by atoms with Crippen LogP contribution in [0.3, 0.4) is 0 Å². The summed E-state index contributed by atoms with van der Waals surface area (Å²) in [4.78, 5) is 20.0. The maximum Gasteiger partial charge on any atom is 0.273 e. The molecule has 0 aliphatic carbocycles. The molecular weight excluding hydrogens is 466 g/mol. The van der Waals surface area contributed by atoms with Crippen LogP contribution in [0.4, 0.5) is 17.3 Å². The van der Waals surface area contributed by atoms with E-state index in [1.807, 2.05) is 31.2 Å². The summed E-state index contributed by atoms with van der Waals surface area (Å²) in [6.45, 7) is 4.52. The third-order valence-corrected chi connectivity index (χ3v) is 6.31. The summed E-state index contributed by atoms with van der Waals surface area (Å²) in [7, 11) is 4.17. The number of quaternary nitrogens is 1. The summed E-state index contributed by atoms with van der Waals surface area (Å²) in [6, 6.07) is 7.57. The number of hydrogen-bond acceptors (Lipinski definition) is 6. The van der Waals surface area contributed by atoms with Gasteiger partial charge in [0.1, 0.15) is 0 Å². The van der Waals surface area contributed by atoms with Crippen molar-refractivity contribution in [1.29, 1.82) is 0 Å². The topological polar surface area (TPSA) is 147 Å². The molecule has 0 bridgehead atoms. The molecule has 1 unspecified atom stereocenters. The van der Waals surface area contributed by atoms with Crippen molar-refractivity contribution in [1.82, 2.24) is 15.3 Å². The fraction of sp³-hybridized carbons (Fsp3) is 0.476. The van der Waals surface area contributed by atoms with E-state index in [-0.39, 0.29) is 22.5 Å². The third kappa shape index (κ3) is 8.43. The van der Waals surface area contributed by atoms with Crippen molar-refractivity contribution >= 4 is 46.1 Å². The molecular formula is C21H33ClN7O3S+. The van der Waals surface area contributed by atoms with Crippen LogP contribution in [0.2, 0.25) is 5.15 Å². The fourth-order valence-corrected chi connectivity index (χ4v) is 3.97. The molecule has 2 rings (SSSR count). The Labute approximate surface area is 202 Å². The molecule has 0 aliphatic rings. The molecule has 2 aromatic rings. The van der Waals surface area contributed by atoms with E-state index in [1.54, 1.807) is 0 Å². The number of benzene rings is 1. The molecule has 1 heterocycles. The van der Waals surface area contributed by atoms with Gasteiger partial charge in [0.2, 0.25) is 0 Å². The van der Waals surface area contributed by atoms with Gasteiger partial charge in [-0.2, -0.15) is 0 Å². The zero-order valence-corrected chi connectivity index (χ0v) is 20.8. The van der Waals surface area contributed by atoms with Gasteiger partial charge >= 0.3 is 0 Å². The van der Waals surface area contributed by atoms with Gasteiger partial charge in [-0.15, -0.1) is 0 Å². The quantitative estimate of drug-likeness (QED) is 0.199. The Kier molecular flexibility index (Phi) is 9.84. The number of anilines is 3. The van der Waals surface area contributed by atoms with Crippen LogP contribution in [0, 0.1) is 6.92 Å². The number of carbonyl (C=O) groups is 1. The molecule has 1 atom stereocenters. The average molecular weight is 499 g/mol. The number of hydrogen-bond donors (Lipinski definition) is 4. The first-order chi connectivity index (χ1) is 15.5. The van der Waals surface area contributed by atoms with Crippen molar-refractivity contribution in [3.05, 3.63) is 40.7 Å². The number of aromatic nitrogens is 2. The summed E-state index contributed by atoms with van der Waals surface area (Å²) in [5.74, 6) is -0.530. The minimum absolute atomic E-state index is 0.0178.